The van der Waals surface area contributed by atoms with E-state index in [0.717, 1.165) is 19.5 Å². The van der Waals surface area contributed by atoms with Crippen molar-refractivity contribution < 1.29 is 24.2 Å². The molecule has 4 rings (SSSR count). The number of carbonyl (C=O) groups is 3. The second-order valence-corrected chi connectivity index (χ2v) is 11.9. The number of benzene rings is 1. The van der Waals surface area contributed by atoms with E-state index in [0.29, 0.717) is 51.6 Å². The van der Waals surface area contributed by atoms with Gasteiger partial charge in [0.1, 0.15) is 23.4 Å². The topological polar surface area (TPSA) is 152 Å². The van der Waals surface area contributed by atoms with Gasteiger partial charge in [-0.15, -0.1) is 0 Å². The number of β-amino-alcohol motifs (C(OH)–C–C–N with tert-alkyl or cyclic N) is 1. The fourth-order valence-corrected chi connectivity index (χ4v) is 5.02. The lowest BCUT2D eigenvalue weighted by atomic mass is 10.00. The predicted octanol–water partition coefficient (Wildman–Crippen LogP) is 0.706. The molecule has 234 valence electrons. The summed E-state index contributed by atoms with van der Waals surface area (Å²) in [4.78, 5) is 51.4. The van der Waals surface area contributed by atoms with Gasteiger partial charge in [-0.25, -0.2) is 14.8 Å². The highest BCUT2D eigenvalue weighted by Crippen LogP contribution is 2.18. The van der Waals surface area contributed by atoms with Gasteiger partial charge in [0.15, 0.2) is 0 Å². The maximum Gasteiger partial charge on any atom is 0.410 e. The molecule has 1 fully saturated rings. The molecule has 2 aliphatic heterocycles. The van der Waals surface area contributed by atoms with Gasteiger partial charge in [0.2, 0.25) is 5.91 Å². The molecule has 43 heavy (non-hydrogen) atoms. The van der Waals surface area contributed by atoms with E-state index in [4.69, 9.17) is 4.74 Å². The van der Waals surface area contributed by atoms with E-state index in [1.807, 2.05) is 32.9 Å². The Bertz CT molecular complexity index is 1250. The SMILES string of the molecule is CC(C)(C)OC(=O)N1CCN(CCNC(=O)CNc2cc(C(=O)NCC(O)CN3CCc4ccccc4C3)ncn2)CC1. The molecule has 2 aromatic rings. The van der Waals surface area contributed by atoms with Crippen molar-refractivity contribution in [2.75, 3.05) is 70.8 Å². The average molecular weight is 597 g/mol. The third kappa shape index (κ3) is 10.4. The van der Waals surface area contributed by atoms with Crippen molar-refractivity contribution in [3.63, 3.8) is 0 Å². The number of fused-ring (bicyclic) bond motifs is 1. The van der Waals surface area contributed by atoms with Crippen molar-refractivity contribution in [2.24, 2.45) is 0 Å². The summed E-state index contributed by atoms with van der Waals surface area (Å²) < 4.78 is 5.43. The van der Waals surface area contributed by atoms with Gasteiger partial charge < -0.3 is 30.7 Å². The number of amides is 3. The highest BCUT2D eigenvalue weighted by Gasteiger charge is 2.26. The summed E-state index contributed by atoms with van der Waals surface area (Å²) in [5.41, 5.74) is 2.24. The summed E-state index contributed by atoms with van der Waals surface area (Å²) in [6.45, 7) is 11.5. The summed E-state index contributed by atoms with van der Waals surface area (Å²) in [6, 6.07) is 9.79. The van der Waals surface area contributed by atoms with Gasteiger partial charge in [0.05, 0.1) is 12.6 Å². The van der Waals surface area contributed by atoms with Crippen LogP contribution in [0, 0.1) is 0 Å². The molecular formula is C30H44N8O5. The number of ether oxygens (including phenoxy) is 1. The van der Waals surface area contributed by atoms with Crippen LogP contribution in [0.3, 0.4) is 0 Å². The summed E-state index contributed by atoms with van der Waals surface area (Å²) in [6.07, 6.45) is 1.19. The minimum atomic E-state index is -0.716. The van der Waals surface area contributed by atoms with Gasteiger partial charge in [-0.1, -0.05) is 24.3 Å². The minimum Gasteiger partial charge on any atom is -0.444 e. The number of aromatic nitrogens is 2. The third-order valence-electron chi connectivity index (χ3n) is 7.28. The van der Waals surface area contributed by atoms with Crippen LogP contribution in [0.1, 0.15) is 42.4 Å². The highest BCUT2D eigenvalue weighted by molar-refractivity contribution is 5.93. The van der Waals surface area contributed by atoms with E-state index in [-0.39, 0.29) is 30.8 Å². The van der Waals surface area contributed by atoms with Crippen molar-refractivity contribution in [1.29, 1.82) is 0 Å². The number of anilines is 1. The molecule has 13 nitrogen and oxygen atoms in total. The molecule has 0 spiro atoms. The third-order valence-corrected chi connectivity index (χ3v) is 7.28. The molecule has 0 radical (unpaired) electrons. The molecule has 1 aromatic heterocycles. The largest absolute Gasteiger partial charge is 0.444 e. The van der Waals surface area contributed by atoms with E-state index in [1.54, 1.807) is 4.90 Å². The van der Waals surface area contributed by atoms with Crippen molar-refractivity contribution in [1.82, 2.24) is 35.3 Å². The summed E-state index contributed by atoms with van der Waals surface area (Å²) >= 11 is 0. The first-order chi connectivity index (χ1) is 20.6. The van der Waals surface area contributed by atoms with Crippen LogP contribution in [0.25, 0.3) is 0 Å². The normalized spacial score (nSPS) is 16.6. The molecule has 0 bridgehead atoms. The van der Waals surface area contributed by atoms with E-state index in [9.17, 15) is 19.5 Å². The molecule has 1 unspecified atom stereocenters. The lowest BCUT2D eigenvalue weighted by molar-refractivity contribution is -0.119. The van der Waals surface area contributed by atoms with Crippen LogP contribution < -0.4 is 16.0 Å². The number of aliphatic hydroxyl groups is 1. The van der Waals surface area contributed by atoms with Gasteiger partial charge in [0, 0.05) is 71.5 Å². The number of aliphatic hydroxyl groups excluding tert-OH is 1. The van der Waals surface area contributed by atoms with Crippen LogP contribution in [-0.4, -0.2) is 125 Å². The number of hydrogen-bond acceptors (Lipinski definition) is 10. The molecule has 4 N–H and O–H groups in total. The van der Waals surface area contributed by atoms with Crippen LogP contribution in [0.5, 0.6) is 0 Å². The first-order valence-corrected chi connectivity index (χ1v) is 14.8. The number of hydrogen-bond donors (Lipinski definition) is 4. The molecular weight excluding hydrogens is 552 g/mol. The van der Waals surface area contributed by atoms with Crippen LogP contribution in [0.2, 0.25) is 0 Å². The van der Waals surface area contributed by atoms with Crippen molar-refractivity contribution in [2.45, 2.75) is 45.4 Å². The number of rotatable bonds is 11. The summed E-state index contributed by atoms with van der Waals surface area (Å²) in [7, 11) is 0. The standard InChI is InChI=1S/C30H44N8O5/c1-30(2,3)43-29(42)38-14-12-36(13-15-38)11-9-31-27(40)18-32-26-16-25(34-21-35-26)28(41)33-17-24(39)20-37-10-8-22-6-4-5-7-23(22)19-37/h4-7,16,21,24,39H,8-15,17-20H2,1-3H3,(H,31,40)(H,33,41)(H,32,34,35). The predicted molar refractivity (Wildman–Crippen MR) is 162 cm³/mol. The number of nitrogens with zero attached hydrogens (tertiary/aromatic N) is 5. The van der Waals surface area contributed by atoms with Crippen molar-refractivity contribution in [3.8, 4) is 0 Å². The van der Waals surface area contributed by atoms with E-state index < -0.39 is 17.6 Å². The molecule has 1 aromatic carbocycles. The Morgan fingerprint density at radius 1 is 1.00 bits per heavy atom. The fraction of sp³-hybridized carbons (Fsp3) is 0.567. The van der Waals surface area contributed by atoms with Crippen LogP contribution in [0.15, 0.2) is 36.7 Å². The van der Waals surface area contributed by atoms with Gasteiger partial charge in [-0.05, 0) is 38.3 Å². The lowest BCUT2D eigenvalue weighted by Crippen LogP contribution is -2.51. The zero-order valence-corrected chi connectivity index (χ0v) is 25.3. The second kappa shape index (κ2) is 15.1. The number of piperazine rings is 1. The molecule has 0 aliphatic carbocycles. The van der Waals surface area contributed by atoms with E-state index in [2.05, 4.69) is 47.9 Å². The minimum absolute atomic E-state index is 0.0117. The molecule has 1 atom stereocenters. The van der Waals surface area contributed by atoms with Gasteiger partial charge in [0.25, 0.3) is 5.91 Å². The Labute approximate surface area is 253 Å². The number of nitrogens with one attached hydrogen (secondary N) is 3. The molecule has 13 heteroatoms. The maximum absolute atomic E-state index is 12.6. The zero-order valence-electron chi connectivity index (χ0n) is 25.3. The van der Waals surface area contributed by atoms with Gasteiger partial charge >= 0.3 is 6.09 Å². The Hall–Kier alpha value is -3.81. The molecule has 3 amide bonds. The van der Waals surface area contributed by atoms with Crippen LogP contribution >= 0.6 is 0 Å². The molecule has 3 heterocycles. The van der Waals surface area contributed by atoms with E-state index >= 15 is 0 Å². The first kappa shape index (κ1) is 32.1. The Morgan fingerprint density at radius 3 is 2.49 bits per heavy atom. The molecule has 1 saturated heterocycles. The highest BCUT2D eigenvalue weighted by atomic mass is 16.6. The van der Waals surface area contributed by atoms with Crippen LogP contribution in [0.4, 0.5) is 10.6 Å². The van der Waals surface area contributed by atoms with Crippen molar-refractivity contribution >= 4 is 23.7 Å². The summed E-state index contributed by atoms with van der Waals surface area (Å²) in [5, 5.41) is 19.0. The zero-order chi connectivity index (χ0) is 30.8. The smallest absolute Gasteiger partial charge is 0.410 e. The summed E-state index contributed by atoms with van der Waals surface area (Å²) in [5.74, 6) is -0.286. The maximum atomic E-state index is 12.6. The Kier molecular flexibility index (Phi) is 11.3. The number of carbonyl (C=O) groups excluding carboxylic acids is 3. The first-order valence-electron chi connectivity index (χ1n) is 14.8. The average Bonchev–Trinajstić information content (AvgIpc) is 2.98. The van der Waals surface area contributed by atoms with Gasteiger partial charge in [-0.2, -0.15) is 0 Å². The second-order valence-electron chi connectivity index (χ2n) is 11.9. The fourth-order valence-electron chi connectivity index (χ4n) is 5.02. The lowest BCUT2D eigenvalue weighted by Gasteiger charge is -2.35. The molecule has 0 saturated carbocycles. The monoisotopic (exact) mass is 596 g/mol. The van der Waals surface area contributed by atoms with Crippen LogP contribution in [-0.2, 0) is 22.5 Å². The Morgan fingerprint density at radius 2 is 1.74 bits per heavy atom. The molecule has 2 aliphatic rings. The van der Waals surface area contributed by atoms with Crippen molar-refractivity contribution in [3.05, 3.63) is 53.5 Å². The quantitative estimate of drug-likeness (QED) is 0.292. The van der Waals surface area contributed by atoms with Gasteiger partial charge in [-0.3, -0.25) is 19.4 Å². The Balaban J connectivity index is 1.10. The van der Waals surface area contributed by atoms with E-state index in [1.165, 1.54) is 23.5 Å².